The molecule has 2 nitrogen and oxygen atoms in total. The summed E-state index contributed by atoms with van der Waals surface area (Å²) in [6.45, 7) is 0.396. The molecule has 0 bridgehead atoms. The van der Waals surface area contributed by atoms with E-state index in [1.807, 2.05) is 17.0 Å². The molecule has 2 aromatic rings. The van der Waals surface area contributed by atoms with Crippen LogP contribution in [0.3, 0.4) is 0 Å². The van der Waals surface area contributed by atoms with Crippen molar-refractivity contribution in [2.24, 2.45) is 0 Å². The number of hydrogen-bond donors (Lipinski definition) is 0. The number of ketones is 1. The fourth-order valence-corrected chi connectivity index (χ4v) is 2.89. The molecule has 4 heteroatoms. The Kier molecular flexibility index (Phi) is 3.62. The number of hydrogen-bond acceptors (Lipinski definition) is 1. The van der Waals surface area contributed by atoms with Gasteiger partial charge in [0.1, 0.15) is 5.82 Å². The quantitative estimate of drug-likeness (QED) is 0.759. The fraction of sp³-hybridized carbons (Fsp3) is 0.312. The molecule has 0 unspecified atom stereocenters. The van der Waals surface area contributed by atoms with E-state index in [0.717, 1.165) is 30.4 Å². The van der Waals surface area contributed by atoms with Gasteiger partial charge < -0.3 is 4.57 Å². The molecule has 0 fully saturated rings. The SMILES string of the molecule is O=C1CCCCc2cn(Cc3cccc(Cl)c3F)cc21. The number of aromatic nitrogens is 1. The highest BCUT2D eigenvalue weighted by molar-refractivity contribution is 6.30. The Morgan fingerprint density at radius 1 is 1.20 bits per heavy atom. The zero-order valence-corrected chi connectivity index (χ0v) is 11.8. The first kappa shape index (κ1) is 13.4. The maximum absolute atomic E-state index is 13.9. The number of rotatable bonds is 2. The Bertz CT molecular complexity index is 662. The zero-order valence-electron chi connectivity index (χ0n) is 11.0. The van der Waals surface area contributed by atoms with Crippen LogP contribution in [-0.4, -0.2) is 10.4 Å². The maximum Gasteiger partial charge on any atom is 0.164 e. The van der Waals surface area contributed by atoms with Crippen molar-refractivity contribution in [2.45, 2.75) is 32.2 Å². The van der Waals surface area contributed by atoms with Crippen LogP contribution in [0.25, 0.3) is 0 Å². The van der Waals surface area contributed by atoms with E-state index in [1.165, 1.54) is 6.07 Å². The molecular weight excluding hydrogens is 277 g/mol. The number of aryl methyl sites for hydroxylation is 1. The number of carbonyl (C=O) groups is 1. The topological polar surface area (TPSA) is 22.0 Å². The van der Waals surface area contributed by atoms with Gasteiger partial charge in [0.2, 0.25) is 0 Å². The number of nitrogens with zero attached hydrogens (tertiary/aromatic N) is 1. The number of benzene rings is 1. The lowest BCUT2D eigenvalue weighted by Crippen LogP contribution is -2.01. The molecule has 1 aromatic heterocycles. The molecule has 1 aliphatic rings. The fourth-order valence-electron chi connectivity index (χ4n) is 2.70. The van der Waals surface area contributed by atoms with Crippen molar-refractivity contribution in [3.05, 3.63) is 58.1 Å². The Labute approximate surface area is 122 Å². The van der Waals surface area contributed by atoms with E-state index in [0.29, 0.717) is 18.5 Å². The van der Waals surface area contributed by atoms with Crippen molar-refractivity contribution in [1.82, 2.24) is 4.57 Å². The third-order valence-corrected chi connectivity index (χ3v) is 4.04. The van der Waals surface area contributed by atoms with Gasteiger partial charge in [0.25, 0.3) is 0 Å². The summed E-state index contributed by atoms with van der Waals surface area (Å²) in [5, 5.41) is 0.132. The van der Waals surface area contributed by atoms with Crippen molar-refractivity contribution in [3.63, 3.8) is 0 Å². The van der Waals surface area contributed by atoms with Crippen molar-refractivity contribution >= 4 is 17.4 Å². The first-order chi connectivity index (χ1) is 9.65. The third-order valence-electron chi connectivity index (χ3n) is 3.75. The Hall–Kier alpha value is -1.61. The molecule has 0 atom stereocenters. The van der Waals surface area contributed by atoms with Gasteiger partial charge in [0, 0.05) is 36.5 Å². The minimum Gasteiger partial charge on any atom is -0.349 e. The Balaban J connectivity index is 1.91. The molecule has 0 saturated heterocycles. The van der Waals surface area contributed by atoms with Gasteiger partial charge in [-0.2, -0.15) is 0 Å². The summed E-state index contributed by atoms with van der Waals surface area (Å²) in [5.41, 5.74) is 2.41. The molecule has 0 radical (unpaired) electrons. The second-order valence-corrected chi connectivity index (χ2v) is 5.62. The normalized spacial score (nSPS) is 15.0. The predicted octanol–water partition coefficient (Wildman–Crippen LogP) is 4.24. The summed E-state index contributed by atoms with van der Waals surface area (Å²) in [4.78, 5) is 12.0. The summed E-state index contributed by atoms with van der Waals surface area (Å²) in [6, 6.07) is 4.99. The van der Waals surface area contributed by atoms with Crippen LogP contribution in [0, 0.1) is 5.82 Å². The first-order valence-electron chi connectivity index (χ1n) is 6.80. The van der Waals surface area contributed by atoms with Crippen molar-refractivity contribution in [3.8, 4) is 0 Å². The summed E-state index contributed by atoms with van der Waals surface area (Å²) < 4.78 is 15.8. The van der Waals surface area contributed by atoms with Crippen molar-refractivity contribution in [1.29, 1.82) is 0 Å². The maximum atomic E-state index is 13.9. The van der Waals surface area contributed by atoms with Crippen LogP contribution in [0.2, 0.25) is 5.02 Å². The number of carbonyl (C=O) groups excluding carboxylic acids is 1. The highest BCUT2D eigenvalue weighted by Gasteiger charge is 2.18. The minimum absolute atomic E-state index is 0.132. The molecule has 0 spiro atoms. The molecule has 0 aliphatic heterocycles. The second kappa shape index (κ2) is 5.41. The van der Waals surface area contributed by atoms with E-state index >= 15 is 0 Å². The summed E-state index contributed by atoms with van der Waals surface area (Å²) in [5.74, 6) is -0.188. The van der Waals surface area contributed by atoms with Crippen LogP contribution < -0.4 is 0 Å². The molecule has 0 amide bonds. The van der Waals surface area contributed by atoms with Gasteiger partial charge in [-0.1, -0.05) is 23.7 Å². The van der Waals surface area contributed by atoms with E-state index in [9.17, 15) is 9.18 Å². The van der Waals surface area contributed by atoms with Crippen LogP contribution in [0.4, 0.5) is 4.39 Å². The zero-order chi connectivity index (χ0) is 14.1. The number of Topliss-reactive ketones (excluding diaryl/α,β-unsaturated/α-hetero) is 1. The van der Waals surface area contributed by atoms with Gasteiger partial charge >= 0.3 is 0 Å². The molecule has 104 valence electrons. The Morgan fingerprint density at radius 2 is 2.00 bits per heavy atom. The van der Waals surface area contributed by atoms with Crippen molar-refractivity contribution in [2.75, 3.05) is 0 Å². The monoisotopic (exact) mass is 291 g/mol. The van der Waals surface area contributed by atoms with Gasteiger partial charge in [0.15, 0.2) is 5.78 Å². The molecule has 1 aromatic carbocycles. The standard InChI is InChI=1S/C16H15ClFNO/c17-14-6-3-5-12(16(14)18)9-19-8-11-4-1-2-7-15(20)13(11)10-19/h3,5-6,8,10H,1-2,4,7,9H2. The molecule has 20 heavy (non-hydrogen) atoms. The summed E-state index contributed by atoms with van der Waals surface area (Å²) >= 11 is 5.79. The lowest BCUT2D eigenvalue weighted by atomic mass is 10.1. The molecule has 1 aliphatic carbocycles. The van der Waals surface area contributed by atoms with E-state index in [4.69, 9.17) is 11.6 Å². The summed E-state index contributed by atoms with van der Waals surface area (Å²) in [6.07, 6.45) is 7.32. The van der Waals surface area contributed by atoms with E-state index in [-0.39, 0.29) is 16.6 Å². The predicted molar refractivity (Wildman–Crippen MR) is 76.8 cm³/mol. The average Bonchev–Trinajstić information content (AvgIpc) is 2.75. The third kappa shape index (κ3) is 2.50. The number of fused-ring (bicyclic) bond motifs is 1. The van der Waals surface area contributed by atoms with Gasteiger partial charge in [-0.25, -0.2) is 4.39 Å². The second-order valence-electron chi connectivity index (χ2n) is 5.21. The molecular formula is C16H15ClFNO. The van der Waals surface area contributed by atoms with Crippen LogP contribution >= 0.6 is 11.6 Å². The van der Waals surface area contributed by atoms with E-state index in [1.54, 1.807) is 12.1 Å². The van der Waals surface area contributed by atoms with Gasteiger partial charge in [-0.15, -0.1) is 0 Å². The van der Waals surface area contributed by atoms with Gasteiger partial charge in [-0.05, 0) is 30.9 Å². The lowest BCUT2D eigenvalue weighted by molar-refractivity contribution is 0.0982. The molecule has 1 heterocycles. The Morgan fingerprint density at radius 3 is 2.85 bits per heavy atom. The minimum atomic E-state index is -0.385. The first-order valence-corrected chi connectivity index (χ1v) is 7.17. The number of halogens is 2. The van der Waals surface area contributed by atoms with Gasteiger partial charge in [0.05, 0.1) is 5.02 Å². The molecule has 0 N–H and O–H groups in total. The van der Waals surface area contributed by atoms with Gasteiger partial charge in [-0.3, -0.25) is 4.79 Å². The molecule has 3 rings (SSSR count). The van der Waals surface area contributed by atoms with E-state index < -0.39 is 0 Å². The highest BCUT2D eigenvalue weighted by Crippen LogP contribution is 2.23. The summed E-state index contributed by atoms with van der Waals surface area (Å²) in [7, 11) is 0. The van der Waals surface area contributed by atoms with Crippen LogP contribution in [-0.2, 0) is 13.0 Å². The average molecular weight is 292 g/mol. The largest absolute Gasteiger partial charge is 0.349 e. The molecule has 0 saturated carbocycles. The van der Waals surface area contributed by atoms with E-state index in [2.05, 4.69) is 0 Å². The van der Waals surface area contributed by atoms with Crippen LogP contribution in [0.5, 0.6) is 0 Å². The highest BCUT2D eigenvalue weighted by atomic mass is 35.5. The smallest absolute Gasteiger partial charge is 0.164 e. The van der Waals surface area contributed by atoms with Crippen LogP contribution in [0.15, 0.2) is 30.6 Å². The van der Waals surface area contributed by atoms with Crippen LogP contribution in [0.1, 0.15) is 40.7 Å². The lowest BCUT2D eigenvalue weighted by Gasteiger charge is -2.06. The van der Waals surface area contributed by atoms with Crippen molar-refractivity contribution < 1.29 is 9.18 Å².